The number of nitrogens with one attached hydrogen (secondary N) is 1. The van der Waals surface area contributed by atoms with Crippen LogP contribution >= 0.6 is 0 Å². The molecule has 2 rings (SSSR count). The van der Waals surface area contributed by atoms with Crippen LogP contribution in [0.2, 0.25) is 0 Å². The minimum absolute atomic E-state index is 0.311. The molecule has 106 valence electrons. The van der Waals surface area contributed by atoms with Crippen molar-refractivity contribution in [3.8, 4) is 5.75 Å². The molecule has 0 radical (unpaired) electrons. The predicted molar refractivity (Wildman–Crippen MR) is 81.0 cm³/mol. The first kappa shape index (κ1) is 14.2. The summed E-state index contributed by atoms with van der Waals surface area (Å²) in [6, 6.07) is 12.9. The molecular weight excluding hydrogens is 255 g/mol. The molecule has 0 spiro atoms. The molecule has 2 aromatic carbocycles. The van der Waals surface area contributed by atoms with E-state index < -0.39 is 0 Å². The fraction of sp³-hybridized carbons (Fsp3) is 0.250. The molecule has 0 aliphatic heterocycles. The van der Waals surface area contributed by atoms with Crippen LogP contribution in [0.3, 0.4) is 0 Å². The van der Waals surface area contributed by atoms with Crippen LogP contribution in [0.15, 0.2) is 42.5 Å². The van der Waals surface area contributed by atoms with E-state index in [1.807, 2.05) is 43.3 Å². The smallest absolute Gasteiger partial charge is 0.149 e. The van der Waals surface area contributed by atoms with Gasteiger partial charge < -0.3 is 15.0 Å². The Balaban J connectivity index is 2.01. The van der Waals surface area contributed by atoms with Gasteiger partial charge in [-0.05, 0) is 29.8 Å². The Morgan fingerprint density at radius 3 is 2.35 bits per heavy atom. The monoisotopic (exact) mass is 274 g/mol. The van der Waals surface area contributed by atoms with Crippen molar-refractivity contribution in [3.63, 3.8) is 0 Å². The third-order valence-electron chi connectivity index (χ3n) is 3.11. The molecule has 0 saturated carbocycles. The van der Waals surface area contributed by atoms with Crippen molar-refractivity contribution in [2.75, 3.05) is 31.4 Å². The summed E-state index contributed by atoms with van der Waals surface area (Å²) in [5.41, 5.74) is 2.72. The molecule has 0 aromatic heterocycles. The molecule has 0 bridgehead atoms. The van der Waals surface area contributed by atoms with Crippen LogP contribution < -0.4 is 15.0 Å². The van der Waals surface area contributed by atoms with Crippen LogP contribution in [0, 0.1) is 5.82 Å². The SMILES string of the molecule is COc1ccc(NCc2ccc(N(C)C)cc2)c(F)c1. The van der Waals surface area contributed by atoms with Gasteiger partial charge in [0.1, 0.15) is 11.6 Å². The predicted octanol–water partition coefficient (Wildman–Crippen LogP) is 3.51. The van der Waals surface area contributed by atoms with E-state index in [9.17, 15) is 4.39 Å². The third-order valence-corrected chi connectivity index (χ3v) is 3.11. The summed E-state index contributed by atoms with van der Waals surface area (Å²) in [6.07, 6.45) is 0. The lowest BCUT2D eigenvalue weighted by Crippen LogP contribution is -2.08. The Labute approximate surface area is 119 Å². The van der Waals surface area contributed by atoms with Crippen molar-refractivity contribution in [2.24, 2.45) is 0 Å². The summed E-state index contributed by atoms with van der Waals surface area (Å²) < 4.78 is 18.7. The van der Waals surface area contributed by atoms with E-state index in [1.54, 1.807) is 12.1 Å². The van der Waals surface area contributed by atoms with Crippen LogP contribution in [0.5, 0.6) is 5.75 Å². The Morgan fingerprint density at radius 2 is 1.80 bits per heavy atom. The van der Waals surface area contributed by atoms with E-state index in [2.05, 4.69) is 5.32 Å². The van der Waals surface area contributed by atoms with Crippen molar-refractivity contribution in [1.29, 1.82) is 0 Å². The van der Waals surface area contributed by atoms with Gasteiger partial charge in [-0.15, -0.1) is 0 Å². The molecule has 0 heterocycles. The zero-order chi connectivity index (χ0) is 14.5. The van der Waals surface area contributed by atoms with Crippen LogP contribution in [0.1, 0.15) is 5.56 Å². The number of hydrogen-bond donors (Lipinski definition) is 1. The van der Waals surface area contributed by atoms with E-state index in [-0.39, 0.29) is 5.82 Å². The van der Waals surface area contributed by atoms with E-state index >= 15 is 0 Å². The maximum atomic E-state index is 13.8. The molecule has 0 unspecified atom stereocenters. The molecule has 3 nitrogen and oxygen atoms in total. The van der Waals surface area contributed by atoms with Gasteiger partial charge in [0, 0.05) is 32.4 Å². The molecule has 0 atom stereocenters. The first-order chi connectivity index (χ1) is 9.60. The average molecular weight is 274 g/mol. The Hall–Kier alpha value is -2.23. The number of methoxy groups -OCH3 is 1. The van der Waals surface area contributed by atoms with Gasteiger partial charge >= 0.3 is 0 Å². The van der Waals surface area contributed by atoms with Crippen molar-refractivity contribution in [2.45, 2.75) is 6.54 Å². The minimum Gasteiger partial charge on any atom is -0.497 e. The van der Waals surface area contributed by atoms with Gasteiger partial charge in [0.05, 0.1) is 12.8 Å². The lowest BCUT2D eigenvalue weighted by Gasteiger charge is -2.13. The van der Waals surface area contributed by atoms with E-state index in [1.165, 1.54) is 13.2 Å². The number of benzene rings is 2. The van der Waals surface area contributed by atoms with E-state index in [0.29, 0.717) is 18.0 Å². The quantitative estimate of drug-likeness (QED) is 0.903. The lowest BCUT2D eigenvalue weighted by molar-refractivity contribution is 0.411. The van der Waals surface area contributed by atoms with Gasteiger partial charge in [0.2, 0.25) is 0 Å². The van der Waals surface area contributed by atoms with Gasteiger partial charge in [0.15, 0.2) is 0 Å². The van der Waals surface area contributed by atoms with Crippen LogP contribution in [-0.2, 0) is 6.54 Å². The zero-order valence-corrected chi connectivity index (χ0v) is 12.0. The maximum Gasteiger partial charge on any atom is 0.149 e. The van der Waals surface area contributed by atoms with Crippen LogP contribution in [0.4, 0.5) is 15.8 Å². The van der Waals surface area contributed by atoms with Gasteiger partial charge in [-0.2, -0.15) is 0 Å². The second kappa shape index (κ2) is 6.28. The topological polar surface area (TPSA) is 24.5 Å². The maximum absolute atomic E-state index is 13.8. The highest BCUT2D eigenvalue weighted by atomic mass is 19.1. The summed E-state index contributed by atoms with van der Waals surface area (Å²) in [7, 11) is 5.52. The standard InChI is InChI=1S/C16H19FN2O/c1-19(2)13-6-4-12(5-7-13)11-18-16-9-8-14(20-3)10-15(16)17/h4-10,18H,11H2,1-3H3. The highest BCUT2D eigenvalue weighted by molar-refractivity contribution is 5.50. The van der Waals surface area contributed by atoms with Crippen molar-refractivity contribution >= 4 is 11.4 Å². The molecule has 0 saturated heterocycles. The lowest BCUT2D eigenvalue weighted by atomic mass is 10.2. The average Bonchev–Trinajstić information content (AvgIpc) is 2.46. The van der Waals surface area contributed by atoms with Crippen molar-refractivity contribution in [1.82, 2.24) is 0 Å². The second-order valence-electron chi connectivity index (χ2n) is 4.76. The molecule has 0 amide bonds. The first-order valence-corrected chi connectivity index (χ1v) is 6.44. The summed E-state index contributed by atoms with van der Waals surface area (Å²) >= 11 is 0. The summed E-state index contributed by atoms with van der Waals surface area (Å²) in [5, 5.41) is 3.09. The van der Waals surface area contributed by atoms with Crippen LogP contribution in [-0.4, -0.2) is 21.2 Å². The van der Waals surface area contributed by atoms with Crippen molar-refractivity contribution in [3.05, 3.63) is 53.8 Å². The minimum atomic E-state index is -0.311. The number of hydrogen-bond acceptors (Lipinski definition) is 3. The highest BCUT2D eigenvalue weighted by Crippen LogP contribution is 2.21. The normalized spacial score (nSPS) is 10.2. The Morgan fingerprint density at radius 1 is 1.10 bits per heavy atom. The number of rotatable bonds is 5. The third kappa shape index (κ3) is 3.41. The summed E-state index contributed by atoms with van der Waals surface area (Å²) in [4.78, 5) is 2.04. The first-order valence-electron chi connectivity index (χ1n) is 6.44. The Kier molecular flexibility index (Phi) is 4.45. The highest BCUT2D eigenvalue weighted by Gasteiger charge is 2.04. The molecule has 2 aromatic rings. The zero-order valence-electron chi connectivity index (χ0n) is 12.0. The molecule has 1 N–H and O–H groups in total. The fourth-order valence-corrected chi connectivity index (χ4v) is 1.88. The van der Waals surface area contributed by atoms with Gasteiger partial charge in [0.25, 0.3) is 0 Å². The second-order valence-corrected chi connectivity index (χ2v) is 4.76. The molecule has 0 fully saturated rings. The fourth-order valence-electron chi connectivity index (χ4n) is 1.88. The van der Waals surface area contributed by atoms with Gasteiger partial charge in [-0.25, -0.2) is 4.39 Å². The molecule has 4 heteroatoms. The molecular formula is C16H19FN2O. The number of ether oxygens (including phenoxy) is 1. The largest absolute Gasteiger partial charge is 0.497 e. The van der Waals surface area contributed by atoms with Crippen molar-refractivity contribution < 1.29 is 9.13 Å². The Bertz CT molecular complexity index is 567. The molecule has 0 aliphatic rings. The molecule has 20 heavy (non-hydrogen) atoms. The molecule has 0 aliphatic carbocycles. The van der Waals surface area contributed by atoms with Gasteiger partial charge in [-0.3, -0.25) is 0 Å². The van der Waals surface area contributed by atoms with Gasteiger partial charge in [-0.1, -0.05) is 12.1 Å². The number of anilines is 2. The van der Waals surface area contributed by atoms with Crippen LogP contribution in [0.25, 0.3) is 0 Å². The summed E-state index contributed by atoms with van der Waals surface area (Å²) in [6.45, 7) is 0.580. The summed E-state index contributed by atoms with van der Waals surface area (Å²) in [5.74, 6) is 0.206. The number of nitrogens with zero attached hydrogens (tertiary/aromatic N) is 1. The van der Waals surface area contributed by atoms with E-state index in [0.717, 1.165) is 11.3 Å². The van der Waals surface area contributed by atoms with E-state index in [4.69, 9.17) is 4.74 Å². The number of halogens is 1.